The maximum atomic E-state index is 11.9. The van der Waals surface area contributed by atoms with Crippen LogP contribution in [0.4, 0.5) is 0 Å². The summed E-state index contributed by atoms with van der Waals surface area (Å²) < 4.78 is 11.2. The Bertz CT molecular complexity index is 776. The summed E-state index contributed by atoms with van der Waals surface area (Å²) in [6, 6.07) is 17.2. The number of carbonyl (C=O) groups excluding carboxylic acids is 1. The van der Waals surface area contributed by atoms with Crippen molar-refractivity contribution in [1.29, 1.82) is 0 Å². The number of allylic oxidation sites excluding steroid dienone is 1. The molecule has 0 unspecified atom stereocenters. The molecule has 0 atom stereocenters. The lowest BCUT2D eigenvalue weighted by Crippen LogP contribution is -1.94. The van der Waals surface area contributed by atoms with E-state index in [2.05, 4.69) is 15.9 Å². The normalized spacial score (nSPS) is 16.1. The zero-order valence-corrected chi connectivity index (χ0v) is 13.5. The van der Waals surface area contributed by atoms with Crippen LogP contribution in [0, 0.1) is 0 Å². The molecule has 2 aromatic rings. The van der Waals surface area contributed by atoms with E-state index in [1.165, 1.54) is 0 Å². The molecule has 22 heavy (non-hydrogen) atoms. The number of esters is 1. The molecule has 0 radical (unpaired) electrons. The Hall–Kier alpha value is -2.33. The van der Waals surface area contributed by atoms with Crippen molar-refractivity contribution in [1.82, 2.24) is 0 Å². The van der Waals surface area contributed by atoms with Gasteiger partial charge >= 0.3 is 5.97 Å². The number of methoxy groups -OCH3 is 1. The molecule has 4 heteroatoms. The van der Waals surface area contributed by atoms with E-state index in [4.69, 9.17) is 9.47 Å². The summed E-state index contributed by atoms with van der Waals surface area (Å²) in [7, 11) is 1.60. The molecule has 0 fully saturated rings. The maximum absolute atomic E-state index is 11.9. The number of halogens is 1. The first-order valence-corrected chi connectivity index (χ1v) is 7.52. The lowest BCUT2D eigenvalue weighted by Gasteiger charge is -2.10. The van der Waals surface area contributed by atoms with E-state index in [1.807, 2.05) is 60.7 Å². The van der Waals surface area contributed by atoms with Crippen LogP contribution < -0.4 is 4.74 Å². The molecule has 0 saturated heterocycles. The molecule has 0 spiro atoms. The molecule has 0 N–H and O–H groups in total. The van der Waals surface area contributed by atoms with E-state index in [1.54, 1.807) is 7.11 Å². The van der Waals surface area contributed by atoms with Gasteiger partial charge in [0.05, 0.1) is 7.11 Å². The summed E-state index contributed by atoms with van der Waals surface area (Å²) in [5, 5.41) is 0. The SMILES string of the molecule is COc1ccccc1C1=C(Br)C(=O)O/C1=C\c1ccccc1. The van der Waals surface area contributed by atoms with Crippen LogP contribution in [0.25, 0.3) is 11.6 Å². The van der Waals surface area contributed by atoms with Crippen molar-refractivity contribution in [2.24, 2.45) is 0 Å². The first kappa shape index (κ1) is 14.6. The fourth-order valence-corrected chi connectivity index (χ4v) is 2.80. The van der Waals surface area contributed by atoms with Crippen LogP contribution in [0.3, 0.4) is 0 Å². The summed E-state index contributed by atoms with van der Waals surface area (Å²) in [4.78, 5) is 11.9. The van der Waals surface area contributed by atoms with Crippen LogP contribution in [0.5, 0.6) is 5.75 Å². The average Bonchev–Trinajstić information content (AvgIpc) is 2.82. The molecule has 3 rings (SSSR count). The highest BCUT2D eigenvalue weighted by Crippen LogP contribution is 2.41. The molecule has 3 nitrogen and oxygen atoms in total. The van der Waals surface area contributed by atoms with Crippen LogP contribution in [0.1, 0.15) is 11.1 Å². The van der Waals surface area contributed by atoms with Gasteiger partial charge in [0.1, 0.15) is 16.0 Å². The van der Waals surface area contributed by atoms with Crippen LogP contribution in [-0.2, 0) is 9.53 Å². The van der Waals surface area contributed by atoms with Gasteiger partial charge in [0, 0.05) is 11.1 Å². The Labute approximate surface area is 137 Å². The molecule has 0 bridgehead atoms. The molecular weight excluding hydrogens is 344 g/mol. The second-order valence-electron chi connectivity index (χ2n) is 4.70. The van der Waals surface area contributed by atoms with Gasteiger partial charge in [-0.1, -0.05) is 48.5 Å². The van der Waals surface area contributed by atoms with Gasteiger partial charge in [0.2, 0.25) is 0 Å². The minimum atomic E-state index is -0.400. The van der Waals surface area contributed by atoms with Gasteiger partial charge in [0.15, 0.2) is 0 Å². The van der Waals surface area contributed by atoms with E-state index in [9.17, 15) is 4.79 Å². The molecule has 0 aromatic heterocycles. The molecule has 0 amide bonds. The molecule has 2 aromatic carbocycles. The summed E-state index contributed by atoms with van der Waals surface area (Å²) in [5.74, 6) is 0.794. The highest BCUT2D eigenvalue weighted by Gasteiger charge is 2.30. The van der Waals surface area contributed by atoms with Crippen LogP contribution in [0.15, 0.2) is 64.8 Å². The number of hydrogen-bond donors (Lipinski definition) is 0. The quantitative estimate of drug-likeness (QED) is 0.764. The summed E-state index contributed by atoms with van der Waals surface area (Å²) in [5.41, 5.74) is 2.47. The van der Waals surface area contributed by atoms with Gasteiger partial charge in [0.25, 0.3) is 0 Å². The Morgan fingerprint density at radius 2 is 1.73 bits per heavy atom. The van der Waals surface area contributed by atoms with Gasteiger partial charge in [-0.05, 0) is 33.6 Å². The van der Waals surface area contributed by atoms with E-state index < -0.39 is 5.97 Å². The zero-order chi connectivity index (χ0) is 15.5. The molecule has 0 saturated carbocycles. The minimum absolute atomic E-state index is 0.400. The van der Waals surface area contributed by atoms with Crippen molar-refractivity contribution in [2.75, 3.05) is 7.11 Å². The van der Waals surface area contributed by atoms with E-state index >= 15 is 0 Å². The second kappa shape index (κ2) is 6.20. The molecule has 110 valence electrons. The lowest BCUT2D eigenvalue weighted by molar-refractivity contribution is -0.132. The monoisotopic (exact) mass is 356 g/mol. The smallest absolute Gasteiger partial charge is 0.351 e. The summed E-state index contributed by atoms with van der Waals surface area (Å²) in [6.45, 7) is 0. The maximum Gasteiger partial charge on any atom is 0.351 e. The minimum Gasteiger partial charge on any atom is -0.496 e. The zero-order valence-electron chi connectivity index (χ0n) is 11.9. The first-order chi connectivity index (χ1) is 10.7. The van der Waals surface area contributed by atoms with Crippen molar-refractivity contribution in [2.45, 2.75) is 0 Å². The van der Waals surface area contributed by atoms with Gasteiger partial charge in [-0.3, -0.25) is 0 Å². The van der Waals surface area contributed by atoms with Gasteiger partial charge in [-0.15, -0.1) is 0 Å². The summed E-state index contributed by atoms with van der Waals surface area (Å²) >= 11 is 3.33. The van der Waals surface area contributed by atoms with Crippen molar-refractivity contribution in [3.05, 3.63) is 76.0 Å². The van der Waals surface area contributed by atoms with Gasteiger partial charge < -0.3 is 9.47 Å². The first-order valence-electron chi connectivity index (χ1n) is 6.73. The predicted molar refractivity (Wildman–Crippen MR) is 89.4 cm³/mol. The van der Waals surface area contributed by atoms with Crippen LogP contribution >= 0.6 is 15.9 Å². The van der Waals surface area contributed by atoms with Crippen molar-refractivity contribution in [3.63, 3.8) is 0 Å². The molecule has 1 aliphatic rings. The molecule has 1 heterocycles. The van der Waals surface area contributed by atoms with Crippen LogP contribution in [0.2, 0.25) is 0 Å². The number of para-hydroxylation sites is 1. The Kier molecular flexibility index (Phi) is 4.11. The largest absolute Gasteiger partial charge is 0.496 e. The van der Waals surface area contributed by atoms with Crippen LogP contribution in [-0.4, -0.2) is 13.1 Å². The number of cyclic esters (lactones) is 1. The lowest BCUT2D eigenvalue weighted by atomic mass is 10.0. The molecule has 0 aliphatic carbocycles. The third kappa shape index (κ3) is 2.70. The van der Waals surface area contributed by atoms with Crippen molar-refractivity contribution < 1.29 is 14.3 Å². The molecular formula is C18H13BrO3. The standard InChI is InChI=1S/C18H13BrO3/c1-21-14-10-6-5-9-13(14)16-15(22-18(20)17(16)19)11-12-7-3-2-4-8-12/h2-11H,1H3/b15-11-. The summed E-state index contributed by atoms with van der Waals surface area (Å²) in [6.07, 6.45) is 1.84. The highest BCUT2D eigenvalue weighted by atomic mass is 79.9. The highest BCUT2D eigenvalue weighted by molar-refractivity contribution is 9.12. The van der Waals surface area contributed by atoms with Crippen molar-refractivity contribution >= 4 is 33.5 Å². The van der Waals surface area contributed by atoms with E-state index in [0.29, 0.717) is 21.6 Å². The Balaban J connectivity index is 2.13. The average molecular weight is 357 g/mol. The van der Waals surface area contributed by atoms with E-state index in [-0.39, 0.29) is 0 Å². The fourth-order valence-electron chi connectivity index (χ4n) is 2.31. The fraction of sp³-hybridized carbons (Fsp3) is 0.0556. The van der Waals surface area contributed by atoms with Gasteiger partial charge in [-0.2, -0.15) is 0 Å². The Morgan fingerprint density at radius 3 is 2.45 bits per heavy atom. The number of benzene rings is 2. The number of hydrogen-bond acceptors (Lipinski definition) is 3. The third-order valence-corrected chi connectivity index (χ3v) is 4.04. The number of carbonyl (C=O) groups is 1. The predicted octanol–water partition coefficient (Wildman–Crippen LogP) is 4.40. The van der Waals surface area contributed by atoms with E-state index in [0.717, 1.165) is 11.1 Å². The number of rotatable bonds is 3. The topological polar surface area (TPSA) is 35.5 Å². The van der Waals surface area contributed by atoms with Gasteiger partial charge in [-0.25, -0.2) is 4.79 Å². The van der Waals surface area contributed by atoms with Crippen molar-refractivity contribution in [3.8, 4) is 5.75 Å². The third-order valence-electron chi connectivity index (χ3n) is 3.32. The number of ether oxygens (including phenoxy) is 2. The second-order valence-corrected chi connectivity index (χ2v) is 5.49. The Morgan fingerprint density at radius 1 is 1.05 bits per heavy atom. The molecule has 1 aliphatic heterocycles.